The Kier molecular flexibility index (Phi) is 3.95. The standard InChI is InChI=1S/C23H20N2/c1-17-13-15-20(16-14-17)23-21(18-9-5-3-6-10-18)22(24-25(23)2)19-11-7-4-8-12-19/h3-16H,1-2H3. The molecule has 2 nitrogen and oxygen atoms in total. The summed E-state index contributed by atoms with van der Waals surface area (Å²) in [5.74, 6) is 0. The first-order valence-electron chi connectivity index (χ1n) is 8.49. The molecule has 2 heteroatoms. The summed E-state index contributed by atoms with van der Waals surface area (Å²) in [6.45, 7) is 2.11. The monoisotopic (exact) mass is 324 g/mol. The molecular formula is C23H20N2. The van der Waals surface area contributed by atoms with Crippen LogP contribution in [-0.4, -0.2) is 9.78 Å². The second kappa shape index (κ2) is 6.40. The SMILES string of the molecule is Cc1ccc(-c2c(-c3ccccc3)c(-c3ccccc3)nn2C)cc1. The summed E-state index contributed by atoms with van der Waals surface area (Å²) >= 11 is 0. The zero-order valence-electron chi connectivity index (χ0n) is 14.5. The van der Waals surface area contributed by atoms with E-state index in [1.54, 1.807) is 0 Å². The Labute approximate surface area is 148 Å². The molecule has 0 atom stereocenters. The largest absolute Gasteiger partial charge is 0.267 e. The molecule has 0 radical (unpaired) electrons. The van der Waals surface area contributed by atoms with Crippen molar-refractivity contribution in [1.82, 2.24) is 9.78 Å². The van der Waals surface area contributed by atoms with Crippen molar-refractivity contribution < 1.29 is 0 Å². The average Bonchev–Trinajstić information content (AvgIpc) is 3.01. The van der Waals surface area contributed by atoms with Gasteiger partial charge >= 0.3 is 0 Å². The van der Waals surface area contributed by atoms with Crippen LogP contribution in [0, 0.1) is 6.92 Å². The van der Waals surface area contributed by atoms with E-state index >= 15 is 0 Å². The Morgan fingerprint density at radius 1 is 0.640 bits per heavy atom. The van der Waals surface area contributed by atoms with Crippen LogP contribution in [0.1, 0.15) is 5.56 Å². The van der Waals surface area contributed by atoms with Crippen LogP contribution in [-0.2, 0) is 7.05 Å². The topological polar surface area (TPSA) is 17.8 Å². The molecule has 0 N–H and O–H groups in total. The fraction of sp³-hybridized carbons (Fsp3) is 0.0870. The molecule has 0 amide bonds. The predicted octanol–water partition coefficient (Wildman–Crippen LogP) is 5.73. The first-order chi connectivity index (χ1) is 12.2. The highest BCUT2D eigenvalue weighted by Gasteiger charge is 2.20. The van der Waals surface area contributed by atoms with E-state index in [9.17, 15) is 0 Å². The zero-order chi connectivity index (χ0) is 17.2. The summed E-state index contributed by atoms with van der Waals surface area (Å²) in [5.41, 5.74) is 8.10. The Morgan fingerprint density at radius 3 is 1.80 bits per heavy atom. The van der Waals surface area contributed by atoms with E-state index in [2.05, 4.69) is 79.7 Å². The summed E-state index contributed by atoms with van der Waals surface area (Å²) in [6, 6.07) is 29.6. The van der Waals surface area contributed by atoms with Gasteiger partial charge in [-0.05, 0) is 12.5 Å². The number of nitrogens with zero attached hydrogens (tertiary/aromatic N) is 2. The molecule has 0 spiro atoms. The van der Waals surface area contributed by atoms with Crippen LogP contribution in [0.15, 0.2) is 84.9 Å². The maximum Gasteiger partial charge on any atom is 0.101 e. The lowest BCUT2D eigenvalue weighted by atomic mass is 9.95. The van der Waals surface area contributed by atoms with Crippen molar-refractivity contribution >= 4 is 0 Å². The maximum absolute atomic E-state index is 4.87. The van der Waals surface area contributed by atoms with Gasteiger partial charge < -0.3 is 0 Å². The summed E-state index contributed by atoms with van der Waals surface area (Å²) < 4.78 is 2.00. The molecule has 122 valence electrons. The van der Waals surface area contributed by atoms with Crippen LogP contribution >= 0.6 is 0 Å². The molecule has 0 saturated carbocycles. The van der Waals surface area contributed by atoms with Gasteiger partial charge in [-0.15, -0.1) is 0 Å². The third-order valence-electron chi connectivity index (χ3n) is 4.48. The van der Waals surface area contributed by atoms with Gasteiger partial charge in [0.25, 0.3) is 0 Å². The molecule has 4 aromatic rings. The average molecular weight is 324 g/mol. The van der Waals surface area contributed by atoms with Crippen LogP contribution in [0.25, 0.3) is 33.6 Å². The fourth-order valence-electron chi connectivity index (χ4n) is 3.24. The molecule has 0 aliphatic carbocycles. The molecule has 0 saturated heterocycles. The van der Waals surface area contributed by atoms with Crippen LogP contribution in [0.3, 0.4) is 0 Å². The summed E-state index contributed by atoms with van der Waals surface area (Å²) in [7, 11) is 2.02. The number of aromatic nitrogens is 2. The highest BCUT2D eigenvalue weighted by Crippen LogP contribution is 2.39. The van der Waals surface area contributed by atoms with Gasteiger partial charge in [0, 0.05) is 23.7 Å². The number of benzene rings is 3. The van der Waals surface area contributed by atoms with Gasteiger partial charge in [0.2, 0.25) is 0 Å². The van der Waals surface area contributed by atoms with Gasteiger partial charge in [0.1, 0.15) is 5.69 Å². The predicted molar refractivity (Wildman–Crippen MR) is 104 cm³/mol. The van der Waals surface area contributed by atoms with Crippen molar-refractivity contribution in [3.05, 3.63) is 90.5 Å². The first-order valence-corrected chi connectivity index (χ1v) is 8.49. The van der Waals surface area contributed by atoms with Gasteiger partial charge in [0.05, 0.1) is 5.69 Å². The molecule has 3 aromatic carbocycles. The Morgan fingerprint density at radius 2 is 1.20 bits per heavy atom. The number of rotatable bonds is 3. The van der Waals surface area contributed by atoms with E-state index in [1.807, 2.05) is 23.9 Å². The van der Waals surface area contributed by atoms with Crippen molar-refractivity contribution in [3.63, 3.8) is 0 Å². The lowest BCUT2D eigenvalue weighted by Crippen LogP contribution is -1.94. The minimum atomic E-state index is 1.02. The molecule has 1 heterocycles. The van der Waals surface area contributed by atoms with Crippen molar-refractivity contribution in [2.24, 2.45) is 7.05 Å². The second-order valence-electron chi connectivity index (χ2n) is 6.29. The molecule has 4 rings (SSSR count). The maximum atomic E-state index is 4.87. The van der Waals surface area contributed by atoms with Crippen molar-refractivity contribution in [2.75, 3.05) is 0 Å². The van der Waals surface area contributed by atoms with E-state index in [-0.39, 0.29) is 0 Å². The van der Waals surface area contributed by atoms with Crippen molar-refractivity contribution in [2.45, 2.75) is 6.92 Å². The minimum Gasteiger partial charge on any atom is -0.267 e. The van der Waals surface area contributed by atoms with Gasteiger partial charge in [-0.3, -0.25) is 4.68 Å². The molecule has 0 bridgehead atoms. The number of hydrogen-bond donors (Lipinski definition) is 0. The molecule has 0 aliphatic heterocycles. The zero-order valence-corrected chi connectivity index (χ0v) is 14.5. The highest BCUT2D eigenvalue weighted by molar-refractivity contribution is 5.91. The van der Waals surface area contributed by atoms with E-state index < -0.39 is 0 Å². The number of hydrogen-bond acceptors (Lipinski definition) is 1. The van der Waals surface area contributed by atoms with E-state index in [0.29, 0.717) is 0 Å². The highest BCUT2D eigenvalue weighted by atomic mass is 15.3. The lowest BCUT2D eigenvalue weighted by Gasteiger charge is -2.09. The fourth-order valence-corrected chi connectivity index (χ4v) is 3.24. The molecule has 1 aromatic heterocycles. The summed E-state index contributed by atoms with van der Waals surface area (Å²) in [5, 5.41) is 4.87. The molecule has 0 unspecified atom stereocenters. The van der Waals surface area contributed by atoms with Crippen LogP contribution in [0.4, 0.5) is 0 Å². The Balaban J connectivity index is 2.01. The lowest BCUT2D eigenvalue weighted by molar-refractivity contribution is 0.779. The normalized spacial score (nSPS) is 10.8. The molecular weight excluding hydrogens is 304 g/mol. The van der Waals surface area contributed by atoms with Gasteiger partial charge in [-0.2, -0.15) is 5.10 Å². The van der Waals surface area contributed by atoms with Gasteiger partial charge in [-0.25, -0.2) is 0 Å². The number of aryl methyl sites for hydroxylation is 2. The Bertz CT molecular complexity index is 982. The summed E-state index contributed by atoms with van der Waals surface area (Å²) in [6.07, 6.45) is 0. The van der Waals surface area contributed by atoms with E-state index in [0.717, 1.165) is 17.0 Å². The quantitative estimate of drug-likeness (QED) is 0.470. The third-order valence-corrected chi connectivity index (χ3v) is 4.48. The molecule has 25 heavy (non-hydrogen) atoms. The third kappa shape index (κ3) is 2.87. The smallest absolute Gasteiger partial charge is 0.101 e. The van der Waals surface area contributed by atoms with E-state index in [1.165, 1.54) is 22.3 Å². The van der Waals surface area contributed by atoms with Gasteiger partial charge in [-0.1, -0.05) is 90.5 Å². The Hall–Kier alpha value is -3.13. The molecule has 0 aliphatic rings. The first kappa shape index (κ1) is 15.4. The van der Waals surface area contributed by atoms with Crippen LogP contribution in [0.5, 0.6) is 0 Å². The minimum absolute atomic E-state index is 1.02. The van der Waals surface area contributed by atoms with E-state index in [4.69, 9.17) is 5.10 Å². The second-order valence-corrected chi connectivity index (χ2v) is 6.29. The summed E-state index contributed by atoms with van der Waals surface area (Å²) in [4.78, 5) is 0. The van der Waals surface area contributed by atoms with Crippen LogP contribution in [0.2, 0.25) is 0 Å². The van der Waals surface area contributed by atoms with Crippen molar-refractivity contribution in [1.29, 1.82) is 0 Å². The van der Waals surface area contributed by atoms with Crippen LogP contribution < -0.4 is 0 Å². The molecule has 0 fully saturated rings. The van der Waals surface area contributed by atoms with Gasteiger partial charge in [0.15, 0.2) is 0 Å². The van der Waals surface area contributed by atoms with Crippen molar-refractivity contribution in [3.8, 4) is 33.6 Å².